The molecule has 2 atom stereocenters. The maximum absolute atomic E-state index is 14.0. The molecule has 13 heteroatoms. The van der Waals surface area contributed by atoms with Gasteiger partial charge < -0.3 is 29.7 Å². The molecule has 2 saturated heterocycles. The number of amides is 3. The van der Waals surface area contributed by atoms with E-state index < -0.39 is 41.9 Å². The van der Waals surface area contributed by atoms with Gasteiger partial charge in [-0.15, -0.1) is 0 Å². The minimum absolute atomic E-state index is 0.0361. The molecule has 3 aromatic carbocycles. The fraction of sp³-hybridized carbons (Fsp3) is 0.462. The zero-order valence-corrected chi connectivity index (χ0v) is 39.9. The SMILES string of the molecule is C=Cc1cccc(NCCOCCCCCNc2ccc(/C=C/C(=C)c3ccc(OCC)c(CN4CCCC4C)c3)c(Cl)c2)c1C(=O)N(C)C1CCC(=O)N(COC(=O)C(C)(C)C)C1=O. The molecule has 3 amide bonds. The molecule has 12 nitrogen and oxygen atoms in total. The van der Waals surface area contributed by atoms with Gasteiger partial charge >= 0.3 is 5.97 Å². The molecule has 2 aliphatic heterocycles. The van der Waals surface area contributed by atoms with E-state index in [0.717, 1.165) is 71.9 Å². The molecular weight excluding hydrogens is 842 g/mol. The van der Waals surface area contributed by atoms with Crippen LogP contribution >= 0.6 is 11.6 Å². The summed E-state index contributed by atoms with van der Waals surface area (Å²) in [5, 5.41) is 7.46. The van der Waals surface area contributed by atoms with Gasteiger partial charge in [0, 0.05) is 67.7 Å². The van der Waals surface area contributed by atoms with E-state index in [1.54, 1.807) is 46.0 Å². The van der Waals surface area contributed by atoms with Crippen LogP contribution in [-0.2, 0) is 30.4 Å². The van der Waals surface area contributed by atoms with E-state index in [2.05, 4.69) is 53.8 Å². The number of nitrogens with one attached hydrogen (secondary N) is 2. The number of hydrogen-bond acceptors (Lipinski definition) is 10. The smallest absolute Gasteiger partial charge is 0.312 e. The van der Waals surface area contributed by atoms with E-state index >= 15 is 0 Å². The fourth-order valence-electron chi connectivity index (χ4n) is 7.90. The average Bonchev–Trinajstić information content (AvgIpc) is 3.69. The Labute approximate surface area is 391 Å². The Kier molecular flexibility index (Phi) is 18.8. The molecule has 2 aliphatic rings. The second-order valence-electron chi connectivity index (χ2n) is 17.8. The molecule has 0 spiro atoms. The van der Waals surface area contributed by atoms with Crippen LogP contribution in [0.15, 0.2) is 73.8 Å². The maximum atomic E-state index is 14.0. The fourth-order valence-corrected chi connectivity index (χ4v) is 8.15. The molecule has 5 rings (SSSR count). The first-order valence-electron chi connectivity index (χ1n) is 22.9. The molecule has 0 aliphatic carbocycles. The van der Waals surface area contributed by atoms with Crippen LogP contribution in [0.1, 0.15) is 112 Å². The second-order valence-corrected chi connectivity index (χ2v) is 18.2. The number of anilines is 2. The lowest BCUT2D eigenvalue weighted by Gasteiger charge is -2.35. The highest BCUT2D eigenvalue weighted by molar-refractivity contribution is 6.32. The molecular formula is C52H68ClN5O7. The Hall–Kier alpha value is -5.43. The number of carbonyl (C=O) groups excluding carboxylic acids is 4. The highest BCUT2D eigenvalue weighted by Gasteiger charge is 2.40. The van der Waals surface area contributed by atoms with Crippen molar-refractivity contribution in [2.24, 2.45) is 5.41 Å². The zero-order chi connectivity index (χ0) is 47.1. The molecule has 2 N–H and O–H groups in total. The van der Waals surface area contributed by atoms with E-state index in [1.807, 2.05) is 43.3 Å². The van der Waals surface area contributed by atoms with Gasteiger partial charge in [0.1, 0.15) is 11.8 Å². The van der Waals surface area contributed by atoms with Gasteiger partial charge in [-0.2, -0.15) is 0 Å². The van der Waals surface area contributed by atoms with Crippen molar-refractivity contribution in [3.63, 3.8) is 0 Å². The first kappa shape index (κ1) is 50.6. The monoisotopic (exact) mass is 909 g/mol. The van der Waals surface area contributed by atoms with Gasteiger partial charge in [-0.25, -0.2) is 4.90 Å². The van der Waals surface area contributed by atoms with E-state index in [-0.39, 0.29) is 12.8 Å². The van der Waals surface area contributed by atoms with Crippen LogP contribution in [0.4, 0.5) is 11.4 Å². The van der Waals surface area contributed by atoms with Gasteiger partial charge in [-0.05, 0) is 132 Å². The third-order valence-electron chi connectivity index (χ3n) is 11.9. The highest BCUT2D eigenvalue weighted by atomic mass is 35.5. The number of benzene rings is 3. The van der Waals surface area contributed by atoms with Crippen molar-refractivity contribution in [2.45, 2.75) is 98.2 Å². The van der Waals surface area contributed by atoms with Crippen molar-refractivity contribution in [1.29, 1.82) is 0 Å². The summed E-state index contributed by atoms with van der Waals surface area (Å²) < 4.78 is 17.1. The number of imide groups is 1. The van der Waals surface area contributed by atoms with Gasteiger partial charge in [-0.3, -0.25) is 24.1 Å². The summed E-state index contributed by atoms with van der Waals surface area (Å²) in [4.78, 5) is 57.2. The summed E-state index contributed by atoms with van der Waals surface area (Å²) in [6, 6.07) is 17.4. The second kappa shape index (κ2) is 24.2. The number of allylic oxidation sites excluding steroid dienone is 2. The van der Waals surface area contributed by atoms with Crippen molar-refractivity contribution in [2.75, 3.05) is 63.9 Å². The van der Waals surface area contributed by atoms with Crippen LogP contribution in [0.5, 0.6) is 5.75 Å². The molecule has 65 heavy (non-hydrogen) atoms. The topological polar surface area (TPSA) is 130 Å². The Morgan fingerprint density at radius 1 is 0.985 bits per heavy atom. The Morgan fingerprint density at radius 3 is 2.49 bits per heavy atom. The highest BCUT2D eigenvalue weighted by Crippen LogP contribution is 2.31. The summed E-state index contributed by atoms with van der Waals surface area (Å²) >= 11 is 6.71. The lowest BCUT2D eigenvalue weighted by molar-refractivity contribution is -0.168. The third kappa shape index (κ3) is 14.0. The number of likely N-dealkylation sites (N-methyl/N-ethyl adjacent to an activating group) is 1. The summed E-state index contributed by atoms with van der Waals surface area (Å²) in [5.74, 6) is -1.03. The normalized spacial score (nSPS) is 16.8. The Morgan fingerprint density at radius 2 is 1.78 bits per heavy atom. The third-order valence-corrected chi connectivity index (χ3v) is 12.2. The molecule has 2 fully saturated rings. The molecule has 350 valence electrons. The molecule has 3 aromatic rings. The number of unbranched alkanes of at least 4 members (excludes halogenated alkanes) is 2. The van der Waals surface area contributed by atoms with E-state index in [9.17, 15) is 19.2 Å². The van der Waals surface area contributed by atoms with Crippen LogP contribution in [0.25, 0.3) is 17.7 Å². The van der Waals surface area contributed by atoms with Gasteiger partial charge in [0.15, 0.2) is 6.73 Å². The van der Waals surface area contributed by atoms with Crippen molar-refractivity contribution < 1.29 is 33.4 Å². The van der Waals surface area contributed by atoms with Crippen LogP contribution in [0.3, 0.4) is 0 Å². The van der Waals surface area contributed by atoms with E-state index in [0.29, 0.717) is 54.2 Å². The van der Waals surface area contributed by atoms with E-state index in [4.69, 9.17) is 25.8 Å². The summed E-state index contributed by atoms with van der Waals surface area (Å²) in [7, 11) is 1.54. The number of likely N-dealkylation sites (tertiary alicyclic amines) is 2. The average molecular weight is 911 g/mol. The summed E-state index contributed by atoms with van der Waals surface area (Å²) in [5.41, 5.74) is 5.80. The standard InChI is InChI=1S/C52H68ClN5O7/c1-9-38-17-14-18-44(48(38)50(61)56(8)45-24-26-47(59)58(49(45)60)35-65-51(62)52(5,6)7)55-28-31-63-30-13-11-12-27-54-42-23-21-39(43(53)33-42)20-19-36(3)40-22-25-46(64-10-2)41(32-40)34-57-29-15-16-37(57)4/h9,14,17-23,25,32-33,37,45,54-55H,1,3,10-13,15-16,24,26-31,34-35H2,2,4-8H3/b20-19+. The number of ether oxygens (including phenoxy) is 3. The predicted octanol–water partition coefficient (Wildman–Crippen LogP) is 9.94. The number of piperidine rings is 1. The molecule has 0 aromatic heterocycles. The molecule has 0 radical (unpaired) electrons. The van der Waals surface area contributed by atoms with Crippen LogP contribution in [0, 0.1) is 5.41 Å². The van der Waals surface area contributed by atoms with Crippen LogP contribution in [0.2, 0.25) is 5.02 Å². The first-order valence-corrected chi connectivity index (χ1v) is 23.3. The molecule has 2 unspecified atom stereocenters. The van der Waals surface area contributed by atoms with Crippen LogP contribution in [-0.4, -0.2) is 104 Å². The number of rotatable bonds is 23. The van der Waals surface area contributed by atoms with E-state index in [1.165, 1.54) is 23.3 Å². The molecule has 0 saturated carbocycles. The number of nitrogens with zero attached hydrogens (tertiary/aromatic N) is 3. The number of halogens is 1. The summed E-state index contributed by atoms with van der Waals surface area (Å²) in [6.45, 7) is 22.0. The van der Waals surface area contributed by atoms with Gasteiger partial charge in [-0.1, -0.05) is 67.3 Å². The minimum Gasteiger partial charge on any atom is -0.494 e. The van der Waals surface area contributed by atoms with Crippen LogP contribution < -0.4 is 15.4 Å². The van der Waals surface area contributed by atoms with Crippen molar-refractivity contribution in [1.82, 2.24) is 14.7 Å². The zero-order valence-electron chi connectivity index (χ0n) is 39.2. The molecule has 2 heterocycles. The van der Waals surface area contributed by atoms with Gasteiger partial charge in [0.05, 0.1) is 24.2 Å². The van der Waals surface area contributed by atoms with Gasteiger partial charge in [0.2, 0.25) is 5.91 Å². The predicted molar refractivity (Wildman–Crippen MR) is 262 cm³/mol. The number of hydrogen-bond donors (Lipinski definition) is 2. The van der Waals surface area contributed by atoms with Crippen molar-refractivity contribution in [3.05, 3.63) is 107 Å². The molecule has 0 bridgehead atoms. The Balaban J connectivity index is 1.02. The number of esters is 1. The first-order chi connectivity index (χ1) is 31.1. The largest absolute Gasteiger partial charge is 0.494 e. The lowest BCUT2D eigenvalue weighted by Crippen LogP contribution is -2.55. The lowest BCUT2D eigenvalue weighted by atomic mass is 9.97. The number of carbonyl (C=O) groups is 4. The summed E-state index contributed by atoms with van der Waals surface area (Å²) in [6.07, 6.45) is 11.1. The quantitative estimate of drug-likeness (QED) is 0.0411. The Bertz CT molecular complexity index is 2200. The minimum atomic E-state index is -0.908. The maximum Gasteiger partial charge on any atom is 0.312 e. The van der Waals surface area contributed by atoms with Crippen molar-refractivity contribution in [3.8, 4) is 5.75 Å². The van der Waals surface area contributed by atoms with Crippen molar-refractivity contribution >= 4 is 64.4 Å². The van der Waals surface area contributed by atoms with Gasteiger partial charge in [0.25, 0.3) is 11.8 Å².